The Balaban J connectivity index is 0.000000385. The molecule has 0 amide bonds. The first kappa shape index (κ1) is 14.5. The highest BCUT2D eigenvalue weighted by molar-refractivity contribution is 8.04. The molecule has 1 aromatic carbocycles. The van der Waals surface area contributed by atoms with Gasteiger partial charge >= 0.3 is 5.97 Å². The predicted octanol–water partition coefficient (Wildman–Crippen LogP) is 3.71. The molecule has 0 unspecified atom stereocenters. The lowest BCUT2D eigenvalue weighted by atomic mass is 10.1. The molecule has 0 heterocycles. The average Bonchev–Trinajstić information content (AvgIpc) is 2.30. The van der Waals surface area contributed by atoms with Crippen molar-refractivity contribution < 1.29 is 9.90 Å². The zero-order valence-electron chi connectivity index (χ0n) is 9.13. The second-order valence-electron chi connectivity index (χ2n) is 2.85. The second kappa shape index (κ2) is 10.1. The summed E-state index contributed by atoms with van der Waals surface area (Å²) in [5, 5.41) is 11.8. The van der Waals surface area contributed by atoms with Gasteiger partial charge in [0.1, 0.15) is 0 Å². The van der Waals surface area contributed by atoms with Gasteiger partial charge in [-0.3, -0.25) is 4.79 Å². The van der Waals surface area contributed by atoms with Gasteiger partial charge in [-0.25, -0.2) is 0 Å². The first-order chi connectivity index (χ1) is 7.70. The highest BCUT2D eigenvalue weighted by atomic mass is 32.2. The molecule has 1 aromatic rings. The molecular weight excluding hydrogens is 220 g/mol. The molecule has 0 atom stereocenters. The molecule has 2 nitrogen and oxygen atoms in total. The number of carboxylic acid groups (broad SMARTS) is 1. The van der Waals surface area contributed by atoms with Crippen LogP contribution in [0.1, 0.15) is 12.0 Å². The maximum atomic E-state index is 10.2. The van der Waals surface area contributed by atoms with Gasteiger partial charge in [-0.15, -0.1) is 11.8 Å². The average molecular weight is 236 g/mol. The van der Waals surface area contributed by atoms with Gasteiger partial charge in [0.25, 0.3) is 0 Å². The quantitative estimate of drug-likeness (QED) is 0.846. The second-order valence-corrected chi connectivity index (χ2v) is 3.79. The third kappa shape index (κ3) is 9.09. The summed E-state index contributed by atoms with van der Waals surface area (Å²) in [6, 6.07) is 9.62. The van der Waals surface area contributed by atoms with Crippen molar-refractivity contribution in [2.75, 3.05) is 0 Å². The van der Waals surface area contributed by atoms with Gasteiger partial charge < -0.3 is 5.11 Å². The fourth-order valence-corrected chi connectivity index (χ4v) is 1.10. The van der Waals surface area contributed by atoms with Gasteiger partial charge in [0.15, 0.2) is 0 Å². The van der Waals surface area contributed by atoms with E-state index in [9.17, 15) is 4.79 Å². The number of hydrogen-bond donors (Lipinski definition) is 1. The van der Waals surface area contributed by atoms with Gasteiger partial charge in [0, 0.05) is 6.42 Å². The van der Waals surface area contributed by atoms with Gasteiger partial charge in [-0.05, 0) is 22.8 Å². The van der Waals surface area contributed by atoms with Crippen LogP contribution in [0, 0.1) is 0 Å². The van der Waals surface area contributed by atoms with E-state index in [0.717, 1.165) is 5.56 Å². The van der Waals surface area contributed by atoms with Crippen LogP contribution in [0.2, 0.25) is 0 Å². The van der Waals surface area contributed by atoms with Crippen LogP contribution in [0.3, 0.4) is 0 Å². The summed E-state index contributed by atoms with van der Waals surface area (Å²) in [4.78, 5) is 10.2. The van der Waals surface area contributed by atoms with E-state index in [-0.39, 0.29) is 6.42 Å². The van der Waals surface area contributed by atoms with Crippen LogP contribution in [0.4, 0.5) is 0 Å². The summed E-state index contributed by atoms with van der Waals surface area (Å²) in [5.41, 5.74) is 1.08. The van der Waals surface area contributed by atoms with E-state index in [0.29, 0.717) is 6.42 Å². The predicted molar refractivity (Wildman–Crippen MR) is 70.4 cm³/mol. The standard InChI is InChI=1S/C9H10O2.C4H6S/c10-9(11)7-6-8-4-2-1-3-5-8;1-3-5-4-2/h1-5H,6-7H2,(H,10,11);3-4H,1-2H2. The van der Waals surface area contributed by atoms with Crippen LogP contribution in [0.5, 0.6) is 0 Å². The first-order valence-electron chi connectivity index (χ1n) is 4.83. The van der Waals surface area contributed by atoms with Crippen molar-refractivity contribution in [3.63, 3.8) is 0 Å². The summed E-state index contributed by atoms with van der Waals surface area (Å²) < 4.78 is 0. The Morgan fingerprint density at radius 3 is 2.19 bits per heavy atom. The minimum atomic E-state index is -0.742. The van der Waals surface area contributed by atoms with Gasteiger partial charge in [0.05, 0.1) is 0 Å². The molecule has 0 radical (unpaired) electrons. The molecule has 0 aromatic heterocycles. The van der Waals surface area contributed by atoms with Crippen molar-refractivity contribution in [2.45, 2.75) is 12.8 Å². The third-order valence-corrected chi connectivity index (χ3v) is 2.05. The molecule has 0 saturated carbocycles. The highest BCUT2D eigenvalue weighted by Crippen LogP contribution is 2.01. The summed E-state index contributed by atoms with van der Waals surface area (Å²) in [6.07, 6.45) is 0.834. The number of carbonyl (C=O) groups is 1. The van der Waals surface area contributed by atoms with Crippen molar-refractivity contribution in [1.82, 2.24) is 0 Å². The van der Waals surface area contributed by atoms with Crippen molar-refractivity contribution in [1.29, 1.82) is 0 Å². The summed E-state index contributed by atoms with van der Waals surface area (Å²) in [7, 11) is 0. The number of thioether (sulfide) groups is 1. The Morgan fingerprint density at radius 2 is 1.81 bits per heavy atom. The fraction of sp³-hybridized carbons (Fsp3) is 0.154. The lowest BCUT2D eigenvalue weighted by Crippen LogP contribution is -1.96. The van der Waals surface area contributed by atoms with Crippen molar-refractivity contribution in [2.24, 2.45) is 0 Å². The molecule has 0 spiro atoms. The maximum absolute atomic E-state index is 10.2. The lowest BCUT2D eigenvalue weighted by Gasteiger charge is -1.95. The number of rotatable bonds is 5. The maximum Gasteiger partial charge on any atom is 0.303 e. The van der Waals surface area contributed by atoms with E-state index < -0.39 is 5.97 Å². The van der Waals surface area contributed by atoms with E-state index in [1.807, 2.05) is 30.3 Å². The molecule has 3 heteroatoms. The van der Waals surface area contributed by atoms with E-state index in [1.54, 1.807) is 10.8 Å². The SMILES string of the molecule is C=CSC=C.O=C(O)CCc1ccccc1. The molecule has 0 aliphatic heterocycles. The first-order valence-corrected chi connectivity index (χ1v) is 5.78. The molecule has 1 N–H and O–H groups in total. The van der Waals surface area contributed by atoms with E-state index >= 15 is 0 Å². The zero-order valence-corrected chi connectivity index (χ0v) is 9.95. The van der Waals surface area contributed by atoms with E-state index in [1.165, 1.54) is 11.8 Å². The van der Waals surface area contributed by atoms with Gasteiger partial charge in [-0.2, -0.15) is 0 Å². The topological polar surface area (TPSA) is 37.3 Å². The third-order valence-electron chi connectivity index (χ3n) is 1.66. The van der Waals surface area contributed by atoms with Gasteiger partial charge in [-0.1, -0.05) is 43.5 Å². The fourth-order valence-electron chi connectivity index (χ4n) is 0.964. The molecule has 1 rings (SSSR count). The van der Waals surface area contributed by atoms with Crippen molar-refractivity contribution >= 4 is 17.7 Å². The van der Waals surface area contributed by atoms with Crippen LogP contribution in [-0.2, 0) is 11.2 Å². The Morgan fingerprint density at radius 1 is 1.25 bits per heavy atom. The number of hydrogen-bond acceptors (Lipinski definition) is 2. The Labute approximate surface area is 101 Å². The lowest BCUT2D eigenvalue weighted by molar-refractivity contribution is -0.136. The molecule has 0 fully saturated rings. The molecule has 0 saturated heterocycles. The normalized spacial score (nSPS) is 8.50. The number of aryl methyl sites for hydroxylation is 1. The van der Waals surface area contributed by atoms with Crippen LogP contribution < -0.4 is 0 Å². The van der Waals surface area contributed by atoms with Crippen LogP contribution >= 0.6 is 11.8 Å². The minimum absolute atomic E-state index is 0.212. The minimum Gasteiger partial charge on any atom is -0.481 e. The number of benzene rings is 1. The molecule has 0 aliphatic carbocycles. The van der Waals surface area contributed by atoms with Crippen LogP contribution in [0.25, 0.3) is 0 Å². The number of aliphatic carboxylic acids is 1. The molecule has 86 valence electrons. The van der Waals surface area contributed by atoms with E-state index in [2.05, 4.69) is 13.2 Å². The molecule has 0 bridgehead atoms. The Kier molecular flexibility index (Phi) is 9.12. The van der Waals surface area contributed by atoms with E-state index in [4.69, 9.17) is 5.11 Å². The Bertz CT molecular complexity index is 314. The summed E-state index contributed by atoms with van der Waals surface area (Å²) >= 11 is 1.49. The molecule has 0 aliphatic rings. The Hall–Kier alpha value is -1.48. The smallest absolute Gasteiger partial charge is 0.303 e. The molecular formula is C13H16O2S. The van der Waals surface area contributed by atoms with Gasteiger partial charge in [0.2, 0.25) is 0 Å². The zero-order chi connectivity index (χ0) is 12.2. The van der Waals surface area contributed by atoms with Crippen LogP contribution in [-0.4, -0.2) is 11.1 Å². The largest absolute Gasteiger partial charge is 0.481 e. The number of carboxylic acids is 1. The summed E-state index contributed by atoms with van der Waals surface area (Å²) in [6.45, 7) is 6.88. The van der Waals surface area contributed by atoms with Crippen molar-refractivity contribution in [3.8, 4) is 0 Å². The van der Waals surface area contributed by atoms with Crippen molar-refractivity contribution in [3.05, 3.63) is 59.9 Å². The molecule has 16 heavy (non-hydrogen) atoms. The summed E-state index contributed by atoms with van der Waals surface area (Å²) in [5.74, 6) is -0.742. The highest BCUT2D eigenvalue weighted by Gasteiger charge is 1.96. The van der Waals surface area contributed by atoms with Crippen LogP contribution in [0.15, 0.2) is 54.3 Å². The monoisotopic (exact) mass is 236 g/mol.